The molecule has 1 saturated heterocycles. The number of hydrogen-bond donors (Lipinski definition) is 3. The van der Waals surface area contributed by atoms with Crippen LogP contribution >= 0.6 is 0 Å². The molecule has 0 aliphatic carbocycles. The Kier molecular flexibility index (Phi) is 4.62. The van der Waals surface area contributed by atoms with E-state index in [1.165, 1.54) is 6.20 Å². The first-order valence-electron chi connectivity index (χ1n) is 6.87. The second-order valence-corrected chi connectivity index (χ2v) is 5.19. The van der Waals surface area contributed by atoms with Gasteiger partial charge in [0.15, 0.2) is 6.23 Å². The van der Waals surface area contributed by atoms with Crippen LogP contribution in [-0.2, 0) is 11.3 Å². The van der Waals surface area contributed by atoms with Gasteiger partial charge in [-0.25, -0.2) is 4.79 Å². The molecule has 1 fully saturated rings. The normalized spacial score (nSPS) is 29.0. The third kappa shape index (κ3) is 2.67. The first kappa shape index (κ1) is 15.9. The number of ether oxygens (including phenoxy) is 1. The summed E-state index contributed by atoms with van der Waals surface area (Å²) in [6.07, 6.45) is -2.84. The molecule has 0 bridgehead atoms. The lowest BCUT2D eigenvalue weighted by Gasteiger charge is -2.19. The summed E-state index contributed by atoms with van der Waals surface area (Å²) in [7, 11) is 0. The summed E-state index contributed by atoms with van der Waals surface area (Å²) < 4.78 is 7.49. The molecule has 3 N–H and O–H groups in total. The zero-order valence-corrected chi connectivity index (χ0v) is 12.0. The van der Waals surface area contributed by atoms with E-state index < -0.39 is 36.8 Å². The van der Waals surface area contributed by atoms with Gasteiger partial charge in [-0.3, -0.25) is 13.9 Å². The van der Waals surface area contributed by atoms with Gasteiger partial charge < -0.3 is 20.1 Å². The lowest BCUT2D eigenvalue weighted by atomic mass is 10.1. The highest BCUT2D eigenvalue weighted by atomic mass is 16.6. The number of aliphatic hydroxyl groups is 3. The topological polar surface area (TPSA) is 114 Å². The van der Waals surface area contributed by atoms with Crippen LogP contribution in [0.1, 0.15) is 25.1 Å². The Balaban J connectivity index is 2.50. The number of nitrogens with zero attached hydrogens (tertiary/aromatic N) is 2. The van der Waals surface area contributed by atoms with E-state index in [1.54, 1.807) is 6.92 Å². The smallest absolute Gasteiger partial charge is 0.333 e. The summed E-state index contributed by atoms with van der Waals surface area (Å²) in [6.45, 7) is 3.18. The van der Waals surface area contributed by atoms with Crippen LogP contribution in [0.3, 0.4) is 0 Å². The molecule has 0 amide bonds. The molecule has 2 rings (SSSR count). The van der Waals surface area contributed by atoms with Gasteiger partial charge in [0.05, 0.1) is 6.61 Å². The van der Waals surface area contributed by atoms with Crippen molar-refractivity contribution in [2.24, 2.45) is 0 Å². The van der Waals surface area contributed by atoms with Crippen LogP contribution in [0.4, 0.5) is 0 Å². The number of aliphatic hydroxyl groups excluding tert-OH is 3. The van der Waals surface area contributed by atoms with E-state index in [2.05, 4.69) is 0 Å². The molecule has 1 aliphatic heterocycles. The summed E-state index contributed by atoms with van der Waals surface area (Å²) >= 11 is 0. The largest absolute Gasteiger partial charge is 0.394 e. The van der Waals surface area contributed by atoms with E-state index in [0.29, 0.717) is 12.0 Å². The summed E-state index contributed by atoms with van der Waals surface area (Å²) in [4.78, 5) is 24.3. The number of rotatable bonds is 4. The molecule has 1 unspecified atom stereocenters. The van der Waals surface area contributed by atoms with Gasteiger partial charge in [-0.15, -0.1) is 0 Å². The monoisotopic (exact) mass is 300 g/mol. The molecule has 0 saturated carbocycles. The molecule has 1 aromatic rings. The molecule has 8 nitrogen and oxygen atoms in total. The van der Waals surface area contributed by atoms with Crippen LogP contribution in [0.5, 0.6) is 0 Å². The highest BCUT2D eigenvalue weighted by Gasteiger charge is 2.44. The van der Waals surface area contributed by atoms with Crippen molar-refractivity contribution in [1.82, 2.24) is 9.13 Å². The molecule has 4 atom stereocenters. The molecule has 21 heavy (non-hydrogen) atoms. The van der Waals surface area contributed by atoms with E-state index >= 15 is 0 Å². The van der Waals surface area contributed by atoms with Gasteiger partial charge in [-0.1, -0.05) is 6.92 Å². The maximum atomic E-state index is 12.4. The summed E-state index contributed by atoms with van der Waals surface area (Å²) in [6, 6.07) is 0. The third-order valence-corrected chi connectivity index (χ3v) is 3.61. The van der Waals surface area contributed by atoms with Crippen LogP contribution in [0.25, 0.3) is 0 Å². The minimum atomic E-state index is -1.35. The summed E-state index contributed by atoms with van der Waals surface area (Å²) in [5, 5.41) is 28.8. The van der Waals surface area contributed by atoms with Crippen molar-refractivity contribution in [3.63, 3.8) is 0 Å². The van der Waals surface area contributed by atoms with Crippen molar-refractivity contribution in [1.29, 1.82) is 0 Å². The zero-order chi connectivity index (χ0) is 15.7. The first-order chi connectivity index (χ1) is 9.92. The Morgan fingerprint density at radius 3 is 2.48 bits per heavy atom. The van der Waals surface area contributed by atoms with Crippen molar-refractivity contribution in [3.8, 4) is 0 Å². The van der Waals surface area contributed by atoms with Gasteiger partial charge >= 0.3 is 5.69 Å². The number of aryl methyl sites for hydroxylation is 1. The maximum absolute atomic E-state index is 12.4. The molecule has 0 spiro atoms. The van der Waals surface area contributed by atoms with Crippen LogP contribution in [0.2, 0.25) is 0 Å². The van der Waals surface area contributed by atoms with E-state index in [9.17, 15) is 19.8 Å². The number of aromatic nitrogens is 2. The fourth-order valence-corrected chi connectivity index (χ4v) is 2.47. The molecule has 1 aliphatic rings. The Bertz CT molecular complexity index is 622. The standard InChI is InChI=1S/C13H20N2O6/c1-3-4-14-11(19)7(2)5-15(13(14)20)12-10(18)9(17)8(6-16)21-12/h5,8-10,12,16-18H,3-4,6H2,1-2H3/t8-,9?,10+,12-/m1/s1. The van der Waals surface area contributed by atoms with Crippen molar-refractivity contribution in [2.45, 2.75) is 51.4 Å². The van der Waals surface area contributed by atoms with Gasteiger partial charge in [-0.05, 0) is 13.3 Å². The Labute approximate surface area is 120 Å². The molecule has 118 valence electrons. The minimum absolute atomic E-state index is 0.258. The van der Waals surface area contributed by atoms with Crippen LogP contribution in [-0.4, -0.2) is 49.4 Å². The van der Waals surface area contributed by atoms with E-state index in [4.69, 9.17) is 9.84 Å². The molecule has 0 aromatic carbocycles. The van der Waals surface area contributed by atoms with Crippen molar-refractivity contribution in [2.75, 3.05) is 6.61 Å². The zero-order valence-electron chi connectivity index (χ0n) is 12.0. The second kappa shape index (κ2) is 6.10. The SMILES string of the molecule is CCCn1c(=O)c(C)cn([C@@H]2O[C@H](CO)C(O)[C@@H]2O)c1=O. The van der Waals surface area contributed by atoms with E-state index in [0.717, 1.165) is 9.13 Å². The number of hydrogen-bond acceptors (Lipinski definition) is 6. The Hall–Kier alpha value is -1.48. The first-order valence-corrected chi connectivity index (χ1v) is 6.87. The highest BCUT2D eigenvalue weighted by Crippen LogP contribution is 2.27. The quantitative estimate of drug-likeness (QED) is 0.613. The molecule has 0 radical (unpaired) electrons. The minimum Gasteiger partial charge on any atom is -0.394 e. The van der Waals surface area contributed by atoms with Gasteiger partial charge in [0.2, 0.25) is 0 Å². The summed E-state index contributed by atoms with van der Waals surface area (Å²) in [5.41, 5.74) is -0.659. The molecular weight excluding hydrogens is 280 g/mol. The molecule has 8 heteroatoms. The molecular formula is C13H20N2O6. The van der Waals surface area contributed by atoms with Crippen molar-refractivity contribution in [3.05, 3.63) is 32.6 Å². The second-order valence-electron chi connectivity index (χ2n) is 5.19. The maximum Gasteiger partial charge on any atom is 0.333 e. The predicted molar refractivity (Wildman–Crippen MR) is 73.0 cm³/mol. The predicted octanol–water partition coefficient (Wildman–Crippen LogP) is -1.66. The van der Waals surface area contributed by atoms with Gasteiger partial charge in [0.25, 0.3) is 5.56 Å². The van der Waals surface area contributed by atoms with Crippen LogP contribution < -0.4 is 11.2 Å². The van der Waals surface area contributed by atoms with Gasteiger partial charge in [0.1, 0.15) is 18.3 Å². The van der Waals surface area contributed by atoms with E-state index in [1.807, 2.05) is 6.92 Å². The lowest BCUT2D eigenvalue weighted by molar-refractivity contribution is -0.0557. The Morgan fingerprint density at radius 1 is 1.29 bits per heavy atom. The van der Waals surface area contributed by atoms with Gasteiger partial charge in [0, 0.05) is 18.3 Å². The fourth-order valence-electron chi connectivity index (χ4n) is 2.47. The Morgan fingerprint density at radius 2 is 1.95 bits per heavy atom. The van der Waals surface area contributed by atoms with Crippen LogP contribution in [0.15, 0.2) is 15.8 Å². The van der Waals surface area contributed by atoms with Crippen LogP contribution in [0, 0.1) is 6.92 Å². The average Bonchev–Trinajstić information content (AvgIpc) is 2.75. The average molecular weight is 300 g/mol. The van der Waals surface area contributed by atoms with Crippen molar-refractivity contribution < 1.29 is 20.1 Å². The molecule has 1 aromatic heterocycles. The third-order valence-electron chi connectivity index (χ3n) is 3.61. The van der Waals surface area contributed by atoms with Gasteiger partial charge in [-0.2, -0.15) is 0 Å². The fraction of sp³-hybridized carbons (Fsp3) is 0.692. The summed E-state index contributed by atoms with van der Waals surface area (Å²) in [5.74, 6) is 0. The molecule has 2 heterocycles. The van der Waals surface area contributed by atoms with E-state index in [-0.39, 0.29) is 12.1 Å². The van der Waals surface area contributed by atoms with Crippen molar-refractivity contribution >= 4 is 0 Å². The lowest BCUT2D eigenvalue weighted by Crippen LogP contribution is -2.44. The highest BCUT2D eigenvalue weighted by molar-refractivity contribution is 5.05.